The fourth-order valence-electron chi connectivity index (χ4n) is 5.79. The van der Waals surface area contributed by atoms with Crippen LogP contribution in [0.4, 0.5) is 4.39 Å². The molecule has 35 heavy (non-hydrogen) atoms. The van der Waals surface area contributed by atoms with Gasteiger partial charge in [0, 0.05) is 50.1 Å². The molecule has 1 saturated carbocycles. The van der Waals surface area contributed by atoms with E-state index in [0.29, 0.717) is 5.91 Å². The number of methoxy groups -OCH3 is 2. The van der Waals surface area contributed by atoms with Gasteiger partial charge in [-0.1, -0.05) is 25.0 Å². The average Bonchev–Trinajstić information content (AvgIpc) is 3.52. The molecule has 5 nitrogen and oxygen atoms in total. The summed E-state index contributed by atoms with van der Waals surface area (Å²) < 4.78 is 24.6. The second-order valence-corrected chi connectivity index (χ2v) is 10.4. The van der Waals surface area contributed by atoms with Crippen LogP contribution in [0.1, 0.15) is 56.6 Å². The molecule has 0 N–H and O–H groups in total. The van der Waals surface area contributed by atoms with Crippen molar-refractivity contribution in [3.05, 3.63) is 59.4 Å². The zero-order chi connectivity index (χ0) is 24.9. The van der Waals surface area contributed by atoms with Crippen molar-refractivity contribution in [1.82, 2.24) is 9.80 Å². The first-order valence-corrected chi connectivity index (χ1v) is 12.9. The smallest absolute Gasteiger partial charge is 0.225 e. The first-order valence-electron chi connectivity index (χ1n) is 12.9. The number of hydrogen-bond donors (Lipinski definition) is 0. The van der Waals surface area contributed by atoms with Gasteiger partial charge in [0.15, 0.2) is 0 Å². The van der Waals surface area contributed by atoms with E-state index < -0.39 is 0 Å². The van der Waals surface area contributed by atoms with E-state index in [2.05, 4.69) is 23.6 Å². The van der Waals surface area contributed by atoms with Gasteiger partial charge in [-0.05, 0) is 68.0 Å². The number of hydrogen-bond acceptors (Lipinski definition) is 4. The van der Waals surface area contributed by atoms with E-state index in [9.17, 15) is 9.18 Å². The van der Waals surface area contributed by atoms with Gasteiger partial charge < -0.3 is 14.4 Å². The average molecular weight is 483 g/mol. The standard InChI is InChI=1S/C29H39FN2O3/c1-20(2)32(29(33)23-7-5-6-8-23)18-24-17-31(19-28(24)22-9-11-25(30)12-10-22)16-21-13-26(34-3)15-27(14-21)35-4/h9-15,20,23-24,28H,5-8,16-19H2,1-4H3. The van der Waals surface area contributed by atoms with E-state index in [1.807, 2.05) is 30.3 Å². The van der Waals surface area contributed by atoms with Gasteiger partial charge in [0.1, 0.15) is 17.3 Å². The van der Waals surface area contributed by atoms with Crippen molar-refractivity contribution in [3.63, 3.8) is 0 Å². The van der Waals surface area contributed by atoms with Crippen LogP contribution in [0.2, 0.25) is 0 Å². The Morgan fingerprint density at radius 1 is 1.03 bits per heavy atom. The zero-order valence-corrected chi connectivity index (χ0v) is 21.5. The van der Waals surface area contributed by atoms with Crippen LogP contribution in [0, 0.1) is 17.7 Å². The second kappa shape index (κ2) is 11.4. The number of halogens is 1. The summed E-state index contributed by atoms with van der Waals surface area (Å²) in [5, 5.41) is 0. The van der Waals surface area contributed by atoms with Gasteiger partial charge in [-0.15, -0.1) is 0 Å². The van der Waals surface area contributed by atoms with Crippen LogP contribution in [0.3, 0.4) is 0 Å². The van der Waals surface area contributed by atoms with E-state index in [0.717, 1.165) is 74.5 Å². The molecule has 2 fully saturated rings. The van der Waals surface area contributed by atoms with Crippen molar-refractivity contribution in [2.24, 2.45) is 11.8 Å². The molecule has 1 saturated heterocycles. The lowest BCUT2D eigenvalue weighted by atomic mass is 9.88. The fraction of sp³-hybridized carbons (Fsp3) is 0.552. The quantitative estimate of drug-likeness (QED) is 0.474. The number of carbonyl (C=O) groups excluding carboxylic acids is 1. The van der Waals surface area contributed by atoms with Crippen LogP contribution in [-0.4, -0.2) is 55.6 Å². The SMILES string of the molecule is COc1cc(CN2CC(CN(C(=O)C3CCCC3)C(C)C)C(c3ccc(F)cc3)C2)cc(OC)c1. The molecule has 1 heterocycles. The molecule has 0 spiro atoms. The number of benzene rings is 2. The summed E-state index contributed by atoms with van der Waals surface area (Å²) in [6.45, 7) is 7.47. The van der Waals surface area contributed by atoms with Crippen molar-refractivity contribution < 1.29 is 18.7 Å². The predicted octanol–water partition coefficient (Wildman–Crippen LogP) is 5.49. The third-order valence-corrected chi connectivity index (χ3v) is 7.67. The fourth-order valence-corrected chi connectivity index (χ4v) is 5.79. The Hall–Kier alpha value is -2.60. The van der Waals surface area contributed by atoms with Crippen molar-refractivity contribution in [1.29, 1.82) is 0 Å². The van der Waals surface area contributed by atoms with Crippen LogP contribution in [0.5, 0.6) is 11.5 Å². The summed E-state index contributed by atoms with van der Waals surface area (Å²) >= 11 is 0. The van der Waals surface area contributed by atoms with Crippen molar-refractivity contribution in [3.8, 4) is 11.5 Å². The summed E-state index contributed by atoms with van der Waals surface area (Å²) in [5.74, 6) is 2.33. The Labute approximate surface area is 209 Å². The summed E-state index contributed by atoms with van der Waals surface area (Å²) in [5.41, 5.74) is 2.27. The lowest BCUT2D eigenvalue weighted by Crippen LogP contribution is -2.44. The molecule has 0 radical (unpaired) electrons. The highest BCUT2D eigenvalue weighted by Crippen LogP contribution is 2.36. The van der Waals surface area contributed by atoms with Crippen molar-refractivity contribution >= 4 is 5.91 Å². The number of likely N-dealkylation sites (tertiary alicyclic amines) is 1. The molecule has 4 rings (SSSR count). The second-order valence-electron chi connectivity index (χ2n) is 10.4. The molecule has 2 atom stereocenters. The molecule has 2 aliphatic rings. The largest absolute Gasteiger partial charge is 0.497 e. The molecule has 190 valence electrons. The number of nitrogens with zero attached hydrogens (tertiary/aromatic N) is 2. The van der Waals surface area contributed by atoms with E-state index in [1.54, 1.807) is 26.4 Å². The molecule has 1 aliphatic heterocycles. The summed E-state index contributed by atoms with van der Waals surface area (Å²) in [4.78, 5) is 18.0. The highest BCUT2D eigenvalue weighted by molar-refractivity contribution is 5.79. The summed E-state index contributed by atoms with van der Waals surface area (Å²) in [6, 6.07) is 13.0. The van der Waals surface area contributed by atoms with Crippen LogP contribution in [-0.2, 0) is 11.3 Å². The van der Waals surface area contributed by atoms with Gasteiger partial charge in [-0.3, -0.25) is 9.69 Å². The first-order chi connectivity index (χ1) is 16.9. The number of amides is 1. The third kappa shape index (κ3) is 6.16. The number of ether oxygens (including phenoxy) is 2. The van der Waals surface area contributed by atoms with E-state index in [-0.39, 0.29) is 29.6 Å². The van der Waals surface area contributed by atoms with Crippen molar-refractivity contribution in [2.45, 2.75) is 58.0 Å². The molecule has 1 amide bonds. The maximum absolute atomic E-state index is 13.7. The summed E-state index contributed by atoms with van der Waals surface area (Å²) in [6.07, 6.45) is 4.33. The van der Waals surface area contributed by atoms with Crippen LogP contribution >= 0.6 is 0 Å². The number of carbonyl (C=O) groups is 1. The lowest BCUT2D eigenvalue weighted by Gasteiger charge is -2.33. The minimum absolute atomic E-state index is 0.161. The molecule has 6 heteroatoms. The predicted molar refractivity (Wildman–Crippen MR) is 136 cm³/mol. The number of rotatable bonds is 9. The highest BCUT2D eigenvalue weighted by atomic mass is 19.1. The summed E-state index contributed by atoms with van der Waals surface area (Å²) in [7, 11) is 3.33. The van der Waals surface area contributed by atoms with Gasteiger partial charge in [0.05, 0.1) is 14.2 Å². The zero-order valence-electron chi connectivity index (χ0n) is 21.5. The molecule has 2 aromatic rings. The molecule has 2 aromatic carbocycles. The van der Waals surface area contributed by atoms with E-state index >= 15 is 0 Å². The van der Waals surface area contributed by atoms with Crippen LogP contribution in [0.15, 0.2) is 42.5 Å². The third-order valence-electron chi connectivity index (χ3n) is 7.67. The van der Waals surface area contributed by atoms with Crippen molar-refractivity contribution in [2.75, 3.05) is 33.9 Å². The van der Waals surface area contributed by atoms with Gasteiger partial charge in [0.2, 0.25) is 5.91 Å². The minimum Gasteiger partial charge on any atom is -0.497 e. The monoisotopic (exact) mass is 482 g/mol. The molecule has 1 aliphatic carbocycles. The van der Waals surface area contributed by atoms with Crippen LogP contribution < -0.4 is 9.47 Å². The van der Waals surface area contributed by atoms with E-state index in [1.165, 1.54) is 0 Å². The maximum atomic E-state index is 13.7. The van der Waals surface area contributed by atoms with Gasteiger partial charge in [0.25, 0.3) is 0 Å². The first kappa shape index (κ1) is 25.5. The topological polar surface area (TPSA) is 42.0 Å². The molecular formula is C29H39FN2O3. The lowest BCUT2D eigenvalue weighted by molar-refractivity contribution is -0.137. The molecular weight excluding hydrogens is 443 g/mol. The Morgan fingerprint density at radius 2 is 1.66 bits per heavy atom. The van der Waals surface area contributed by atoms with Gasteiger partial charge in [-0.2, -0.15) is 0 Å². The normalized spacial score (nSPS) is 21.0. The Morgan fingerprint density at radius 3 is 2.23 bits per heavy atom. The Bertz CT molecular complexity index is 966. The van der Waals surface area contributed by atoms with Crippen LogP contribution in [0.25, 0.3) is 0 Å². The van der Waals surface area contributed by atoms with E-state index in [4.69, 9.17) is 9.47 Å². The van der Waals surface area contributed by atoms with Gasteiger partial charge >= 0.3 is 0 Å². The molecule has 0 bridgehead atoms. The van der Waals surface area contributed by atoms with Gasteiger partial charge in [-0.25, -0.2) is 4.39 Å². The molecule has 0 aromatic heterocycles. The Kier molecular flexibility index (Phi) is 8.32. The Balaban J connectivity index is 1.56. The minimum atomic E-state index is -0.219. The maximum Gasteiger partial charge on any atom is 0.225 e. The highest BCUT2D eigenvalue weighted by Gasteiger charge is 2.38. The molecule has 2 unspecified atom stereocenters.